The van der Waals surface area contributed by atoms with Gasteiger partial charge in [0.1, 0.15) is 16.6 Å². The zero-order chi connectivity index (χ0) is 15.1. The maximum atomic E-state index is 10.2. The van der Waals surface area contributed by atoms with Crippen molar-refractivity contribution in [1.29, 1.82) is 0 Å². The van der Waals surface area contributed by atoms with Gasteiger partial charge in [-0.1, -0.05) is 23.2 Å². The van der Waals surface area contributed by atoms with Crippen molar-refractivity contribution in [2.24, 2.45) is 0 Å². The monoisotopic (exact) mass is 312 g/mol. The summed E-state index contributed by atoms with van der Waals surface area (Å²) in [5.41, 5.74) is 2.96. The van der Waals surface area contributed by atoms with Crippen molar-refractivity contribution < 1.29 is 9.90 Å². The van der Waals surface area contributed by atoms with Gasteiger partial charge in [-0.2, -0.15) is 0 Å². The molecule has 2 heterocycles. The summed E-state index contributed by atoms with van der Waals surface area (Å²) in [6.45, 7) is 3.65. The number of aryl methyl sites for hydroxylation is 2. The highest BCUT2D eigenvalue weighted by Crippen LogP contribution is 2.09. The first-order valence-electron chi connectivity index (χ1n) is 5.78. The number of hydrogen-bond acceptors (Lipinski definition) is 4. The molecule has 0 amide bonds. The Kier molecular flexibility index (Phi) is 6.58. The second-order valence-corrected chi connectivity index (χ2v) is 4.85. The van der Waals surface area contributed by atoms with E-state index >= 15 is 0 Å². The summed E-state index contributed by atoms with van der Waals surface area (Å²) in [7, 11) is 0. The summed E-state index contributed by atoms with van der Waals surface area (Å²) < 4.78 is 0. The number of hydrogen-bond donors (Lipinski definition) is 1. The van der Waals surface area contributed by atoms with Crippen LogP contribution in [0.4, 0.5) is 0 Å². The number of nitrogens with zero attached hydrogens (tertiary/aromatic N) is 2. The zero-order valence-corrected chi connectivity index (χ0v) is 12.6. The fraction of sp³-hybridized carbons (Fsp3) is 0.214. The first-order valence-corrected chi connectivity index (χ1v) is 6.53. The van der Waals surface area contributed by atoms with Crippen molar-refractivity contribution in [1.82, 2.24) is 9.97 Å². The maximum absolute atomic E-state index is 10.2. The number of aldehydes is 1. The van der Waals surface area contributed by atoms with E-state index in [1.165, 1.54) is 6.07 Å². The lowest BCUT2D eigenvalue weighted by Gasteiger charge is -1.97. The standard InChI is InChI=1S/C7H8ClNO.C7H6ClNO/c2*1-5-2-6(4-10)3-7(8)9-5/h2-3,10H,4H2,1H3;2-4H,1H3. The minimum atomic E-state index is 0.0169. The molecule has 4 nitrogen and oxygen atoms in total. The van der Waals surface area contributed by atoms with E-state index in [1.807, 2.05) is 6.92 Å². The number of aliphatic hydroxyl groups excluding tert-OH is 1. The molecule has 0 fully saturated rings. The molecule has 20 heavy (non-hydrogen) atoms. The fourth-order valence-electron chi connectivity index (χ4n) is 1.51. The molecule has 0 saturated carbocycles. The fourth-order valence-corrected chi connectivity index (χ4v) is 2.04. The normalized spacial score (nSPS) is 9.65. The maximum Gasteiger partial charge on any atom is 0.150 e. The summed E-state index contributed by atoms with van der Waals surface area (Å²) in [6, 6.07) is 6.65. The van der Waals surface area contributed by atoms with E-state index in [-0.39, 0.29) is 6.61 Å². The van der Waals surface area contributed by atoms with Crippen LogP contribution < -0.4 is 0 Å². The molecule has 6 heteroatoms. The van der Waals surface area contributed by atoms with Crippen molar-refractivity contribution in [3.05, 3.63) is 57.1 Å². The van der Waals surface area contributed by atoms with E-state index < -0.39 is 0 Å². The molecule has 0 aliphatic rings. The Morgan fingerprint density at radius 2 is 1.60 bits per heavy atom. The Balaban J connectivity index is 0.000000200. The van der Waals surface area contributed by atoms with Crippen molar-refractivity contribution in [2.45, 2.75) is 20.5 Å². The highest BCUT2D eigenvalue weighted by molar-refractivity contribution is 6.29. The lowest BCUT2D eigenvalue weighted by molar-refractivity contribution is 0.112. The molecule has 2 aromatic heterocycles. The van der Waals surface area contributed by atoms with E-state index in [9.17, 15) is 4.79 Å². The Morgan fingerprint density at radius 1 is 1.05 bits per heavy atom. The second kappa shape index (κ2) is 7.94. The molecule has 0 aliphatic heterocycles. The molecule has 0 aliphatic carbocycles. The smallest absolute Gasteiger partial charge is 0.150 e. The van der Waals surface area contributed by atoms with Crippen molar-refractivity contribution in [3.8, 4) is 0 Å². The van der Waals surface area contributed by atoms with Crippen molar-refractivity contribution in [3.63, 3.8) is 0 Å². The van der Waals surface area contributed by atoms with Crippen molar-refractivity contribution >= 4 is 29.5 Å². The van der Waals surface area contributed by atoms with Crippen LogP contribution in [0.2, 0.25) is 10.3 Å². The Bertz CT molecular complexity index is 563. The lowest BCUT2D eigenvalue weighted by atomic mass is 10.2. The number of aromatic nitrogens is 2. The predicted octanol–water partition coefficient (Wildman–Crippen LogP) is 3.39. The lowest BCUT2D eigenvalue weighted by Crippen LogP contribution is -1.87. The predicted molar refractivity (Wildman–Crippen MR) is 79.3 cm³/mol. The van der Waals surface area contributed by atoms with Crippen LogP contribution >= 0.6 is 23.2 Å². The van der Waals surface area contributed by atoms with Crippen LogP contribution in [0.3, 0.4) is 0 Å². The topological polar surface area (TPSA) is 63.1 Å². The van der Waals surface area contributed by atoms with E-state index in [2.05, 4.69) is 9.97 Å². The minimum Gasteiger partial charge on any atom is -0.392 e. The number of aliphatic hydroxyl groups is 1. The van der Waals surface area contributed by atoms with Gasteiger partial charge in [0, 0.05) is 17.0 Å². The molecular weight excluding hydrogens is 299 g/mol. The number of pyridine rings is 2. The largest absolute Gasteiger partial charge is 0.392 e. The Hall–Kier alpha value is -1.49. The van der Waals surface area contributed by atoms with Gasteiger partial charge in [-0.3, -0.25) is 4.79 Å². The SMILES string of the molecule is Cc1cc(C=O)cc(Cl)n1.Cc1cc(CO)cc(Cl)n1. The van der Waals surface area contributed by atoms with Crippen LogP contribution in [0, 0.1) is 13.8 Å². The van der Waals surface area contributed by atoms with Crippen LogP contribution in [-0.2, 0) is 6.61 Å². The summed E-state index contributed by atoms with van der Waals surface area (Å²) in [5, 5.41) is 9.50. The molecule has 0 bridgehead atoms. The molecule has 0 saturated heterocycles. The number of rotatable bonds is 2. The quantitative estimate of drug-likeness (QED) is 0.682. The van der Waals surface area contributed by atoms with Crippen LogP contribution in [-0.4, -0.2) is 21.4 Å². The van der Waals surface area contributed by atoms with E-state index in [0.717, 1.165) is 23.2 Å². The van der Waals surface area contributed by atoms with Gasteiger partial charge in [0.2, 0.25) is 0 Å². The average molecular weight is 313 g/mol. The minimum absolute atomic E-state index is 0.0169. The number of halogens is 2. The first kappa shape index (κ1) is 16.6. The molecule has 2 aromatic rings. The molecule has 0 unspecified atom stereocenters. The molecule has 1 N–H and O–H groups in total. The second-order valence-electron chi connectivity index (χ2n) is 4.08. The highest BCUT2D eigenvalue weighted by Gasteiger charge is 1.95. The Labute approximate surface area is 127 Å². The highest BCUT2D eigenvalue weighted by atomic mass is 35.5. The summed E-state index contributed by atoms with van der Waals surface area (Å²) in [4.78, 5) is 18.0. The van der Waals surface area contributed by atoms with Crippen LogP contribution in [0.25, 0.3) is 0 Å². The Morgan fingerprint density at radius 3 is 2.05 bits per heavy atom. The van der Waals surface area contributed by atoms with E-state index in [4.69, 9.17) is 28.3 Å². The molecule has 0 aromatic carbocycles. The summed E-state index contributed by atoms with van der Waals surface area (Å²) in [6.07, 6.45) is 0.751. The van der Waals surface area contributed by atoms with E-state index in [1.54, 1.807) is 25.1 Å². The number of carbonyl (C=O) groups excluding carboxylic acids is 1. The van der Waals surface area contributed by atoms with Gasteiger partial charge in [-0.25, -0.2) is 9.97 Å². The van der Waals surface area contributed by atoms with Gasteiger partial charge in [0.05, 0.1) is 6.61 Å². The first-order chi connectivity index (χ1) is 9.44. The third-order valence-corrected chi connectivity index (χ3v) is 2.63. The zero-order valence-electron chi connectivity index (χ0n) is 11.1. The van der Waals surface area contributed by atoms with Crippen LogP contribution in [0.5, 0.6) is 0 Å². The molecule has 0 radical (unpaired) electrons. The third-order valence-electron chi connectivity index (χ3n) is 2.25. The summed E-state index contributed by atoms with van der Waals surface area (Å²) in [5.74, 6) is 0. The molecule has 0 spiro atoms. The van der Waals surface area contributed by atoms with Gasteiger partial charge >= 0.3 is 0 Å². The third kappa shape index (κ3) is 5.65. The van der Waals surface area contributed by atoms with Crippen LogP contribution in [0.1, 0.15) is 27.3 Å². The van der Waals surface area contributed by atoms with Crippen molar-refractivity contribution in [2.75, 3.05) is 0 Å². The van der Waals surface area contributed by atoms with Gasteiger partial charge in [-0.05, 0) is 43.7 Å². The van der Waals surface area contributed by atoms with Gasteiger partial charge in [0.15, 0.2) is 0 Å². The molecule has 106 valence electrons. The molecule has 0 atom stereocenters. The van der Waals surface area contributed by atoms with Gasteiger partial charge in [0.25, 0.3) is 0 Å². The molecule has 2 rings (SSSR count). The number of carbonyl (C=O) groups is 1. The summed E-state index contributed by atoms with van der Waals surface area (Å²) >= 11 is 11.2. The van der Waals surface area contributed by atoms with Gasteiger partial charge < -0.3 is 5.11 Å². The van der Waals surface area contributed by atoms with Gasteiger partial charge in [-0.15, -0.1) is 0 Å². The average Bonchev–Trinajstić information content (AvgIpc) is 2.37. The molecular formula is C14H14Cl2N2O2. The van der Waals surface area contributed by atoms with E-state index in [0.29, 0.717) is 15.9 Å². The van der Waals surface area contributed by atoms with Crippen LogP contribution in [0.15, 0.2) is 24.3 Å².